The van der Waals surface area contributed by atoms with Crippen LogP contribution in [0.4, 0.5) is 0 Å². The van der Waals surface area contributed by atoms with Crippen molar-refractivity contribution in [3.8, 4) is 0 Å². The van der Waals surface area contributed by atoms with E-state index in [1.807, 2.05) is 49.4 Å². The van der Waals surface area contributed by atoms with E-state index in [-0.39, 0.29) is 0 Å². The Morgan fingerprint density at radius 1 is 1.00 bits per heavy atom. The number of rotatable bonds is 2. The minimum absolute atomic E-state index is 0.727. The fourth-order valence-corrected chi connectivity index (χ4v) is 2.48. The van der Waals surface area contributed by atoms with Crippen molar-refractivity contribution in [2.24, 2.45) is 0 Å². The van der Waals surface area contributed by atoms with Crippen molar-refractivity contribution in [1.29, 1.82) is 0 Å². The monoisotopic (exact) mass is 290 g/mol. The van der Waals surface area contributed by atoms with Crippen molar-refractivity contribution in [2.45, 2.75) is 13.5 Å². The Morgan fingerprint density at radius 2 is 1.68 bits per heavy atom. The number of hydrogen-bond donors (Lipinski definition) is 0. The number of aromatic nitrogens is 2. The lowest BCUT2D eigenvalue weighted by Crippen LogP contribution is -2.01. The summed E-state index contributed by atoms with van der Waals surface area (Å²) in [6.45, 7) is 2.77. The molecule has 2 nitrogen and oxygen atoms in total. The molecule has 0 bridgehead atoms. The van der Waals surface area contributed by atoms with Gasteiger partial charge in [0.25, 0.3) is 0 Å². The van der Waals surface area contributed by atoms with E-state index < -0.39 is 0 Å². The molecule has 4 heteroatoms. The quantitative estimate of drug-likeness (QED) is 0.669. The van der Waals surface area contributed by atoms with E-state index in [0.717, 1.165) is 33.4 Å². The van der Waals surface area contributed by atoms with Crippen LogP contribution in [0.25, 0.3) is 11.0 Å². The standard InChI is InChI=1S/C15H12Cl2N2/c1-10-18-14-7-6-13(17)8-15(14)19(10)9-11-2-4-12(16)5-3-11/h2-8H,9H2,1H3. The Kier molecular flexibility index (Phi) is 3.21. The molecule has 0 aliphatic rings. The molecule has 0 amide bonds. The Bertz CT molecular complexity index is 730. The number of nitrogens with zero attached hydrogens (tertiary/aromatic N) is 2. The summed E-state index contributed by atoms with van der Waals surface area (Å²) in [7, 11) is 0. The fraction of sp³-hybridized carbons (Fsp3) is 0.133. The first kappa shape index (κ1) is 12.5. The van der Waals surface area contributed by atoms with E-state index in [9.17, 15) is 0 Å². The van der Waals surface area contributed by atoms with Crippen LogP contribution in [-0.4, -0.2) is 9.55 Å². The minimum Gasteiger partial charge on any atom is -0.324 e. The summed E-state index contributed by atoms with van der Waals surface area (Å²) in [6.07, 6.45) is 0. The van der Waals surface area contributed by atoms with Gasteiger partial charge >= 0.3 is 0 Å². The molecule has 0 fully saturated rings. The Labute approximate surface area is 121 Å². The van der Waals surface area contributed by atoms with Gasteiger partial charge in [0, 0.05) is 16.6 Å². The van der Waals surface area contributed by atoms with Crippen LogP contribution in [0.5, 0.6) is 0 Å². The second kappa shape index (κ2) is 4.87. The maximum atomic E-state index is 6.07. The second-order valence-electron chi connectivity index (χ2n) is 4.50. The summed E-state index contributed by atoms with van der Waals surface area (Å²) in [5.41, 5.74) is 3.21. The van der Waals surface area contributed by atoms with Crippen molar-refractivity contribution in [3.63, 3.8) is 0 Å². The summed E-state index contributed by atoms with van der Waals surface area (Å²) >= 11 is 12.0. The molecule has 0 saturated heterocycles. The normalized spacial score (nSPS) is 11.1. The minimum atomic E-state index is 0.727. The van der Waals surface area contributed by atoms with Crippen LogP contribution in [0.15, 0.2) is 42.5 Å². The largest absolute Gasteiger partial charge is 0.324 e. The van der Waals surface area contributed by atoms with Crippen LogP contribution in [-0.2, 0) is 6.54 Å². The molecule has 0 aliphatic carbocycles. The Balaban J connectivity index is 2.06. The zero-order valence-corrected chi connectivity index (χ0v) is 11.9. The summed E-state index contributed by atoms with van der Waals surface area (Å²) < 4.78 is 2.16. The van der Waals surface area contributed by atoms with Crippen LogP contribution in [0.1, 0.15) is 11.4 Å². The topological polar surface area (TPSA) is 17.8 Å². The Morgan fingerprint density at radius 3 is 2.42 bits per heavy atom. The van der Waals surface area contributed by atoms with Gasteiger partial charge in [-0.2, -0.15) is 0 Å². The Hall–Kier alpha value is -1.51. The first-order chi connectivity index (χ1) is 9.13. The van der Waals surface area contributed by atoms with E-state index in [1.54, 1.807) is 0 Å². The highest BCUT2D eigenvalue weighted by atomic mass is 35.5. The molecular weight excluding hydrogens is 279 g/mol. The predicted molar refractivity (Wildman–Crippen MR) is 80.0 cm³/mol. The second-order valence-corrected chi connectivity index (χ2v) is 5.38. The molecule has 1 aromatic heterocycles. The van der Waals surface area contributed by atoms with Gasteiger partial charge in [-0.1, -0.05) is 35.3 Å². The molecule has 0 aliphatic heterocycles. The summed E-state index contributed by atoms with van der Waals surface area (Å²) in [5.74, 6) is 0.979. The zero-order valence-electron chi connectivity index (χ0n) is 10.4. The molecule has 0 atom stereocenters. The van der Waals surface area contributed by atoms with Gasteiger partial charge in [-0.15, -0.1) is 0 Å². The lowest BCUT2D eigenvalue weighted by Gasteiger charge is -2.07. The lowest BCUT2D eigenvalue weighted by atomic mass is 10.2. The molecule has 0 N–H and O–H groups in total. The SMILES string of the molecule is Cc1nc2ccc(Cl)cc2n1Cc1ccc(Cl)cc1. The summed E-state index contributed by atoms with van der Waals surface area (Å²) in [6, 6.07) is 13.6. The molecule has 0 unspecified atom stereocenters. The number of halogens is 2. The maximum Gasteiger partial charge on any atom is 0.107 e. The molecule has 1 heterocycles. The van der Waals surface area contributed by atoms with Crippen LogP contribution < -0.4 is 0 Å². The third kappa shape index (κ3) is 2.46. The smallest absolute Gasteiger partial charge is 0.107 e. The highest BCUT2D eigenvalue weighted by Gasteiger charge is 2.08. The van der Waals surface area contributed by atoms with Gasteiger partial charge in [-0.05, 0) is 42.8 Å². The van der Waals surface area contributed by atoms with Crippen LogP contribution in [0.3, 0.4) is 0 Å². The first-order valence-electron chi connectivity index (χ1n) is 6.00. The van der Waals surface area contributed by atoms with E-state index in [4.69, 9.17) is 23.2 Å². The van der Waals surface area contributed by atoms with Crippen LogP contribution in [0.2, 0.25) is 10.0 Å². The molecule has 0 saturated carbocycles. The van der Waals surface area contributed by atoms with Gasteiger partial charge < -0.3 is 4.57 Å². The molecule has 3 aromatic rings. The molecule has 19 heavy (non-hydrogen) atoms. The molecule has 0 radical (unpaired) electrons. The van der Waals surface area contributed by atoms with Gasteiger partial charge in [0.1, 0.15) is 5.82 Å². The molecule has 2 aromatic carbocycles. The number of hydrogen-bond acceptors (Lipinski definition) is 1. The number of imidazole rings is 1. The maximum absolute atomic E-state index is 6.07. The third-order valence-electron chi connectivity index (χ3n) is 3.16. The van der Waals surface area contributed by atoms with E-state index >= 15 is 0 Å². The van der Waals surface area contributed by atoms with Crippen molar-refractivity contribution in [2.75, 3.05) is 0 Å². The average Bonchev–Trinajstić information content (AvgIpc) is 2.69. The van der Waals surface area contributed by atoms with Gasteiger partial charge in [-0.3, -0.25) is 0 Å². The van der Waals surface area contributed by atoms with Gasteiger partial charge in [0.05, 0.1) is 11.0 Å². The lowest BCUT2D eigenvalue weighted by molar-refractivity contribution is 0.786. The highest BCUT2D eigenvalue weighted by molar-refractivity contribution is 6.31. The summed E-state index contributed by atoms with van der Waals surface area (Å²) in [5, 5.41) is 1.48. The average molecular weight is 291 g/mol. The number of aryl methyl sites for hydroxylation is 1. The highest BCUT2D eigenvalue weighted by Crippen LogP contribution is 2.22. The molecular formula is C15H12Cl2N2. The van der Waals surface area contributed by atoms with Crippen molar-refractivity contribution >= 4 is 34.2 Å². The van der Waals surface area contributed by atoms with Crippen LogP contribution in [0, 0.1) is 6.92 Å². The van der Waals surface area contributed by atoms with Gasteiger partial charge in [-0.25, -0.2) is 4.98 Å². The predicted octanol–water partition coefficient (Wildman–Crippen LogP) is 4.70. The van der Waals surface area contributed by atoms with Gasteiger partial charge in [0.15, 0.2) is 0 Å². The third-order valence-corrected chi connectivity index (χ3v) is 3.64. The zero-order chi connectivity index (χ0) is 13.4. The van der Waals surface area contributed by atoms with Crippen LogP contribution >= 0.6 is 23.2 Å². The van der Waals surface area contributed by atoms with Crippen molar-refractivity contribution in [1.82, 2.24) is 9.55 Å². The van der Waals surface area contributed by atoms with E-state index in [0.29, 0.717) is 0 Å². The first-order valence-corrected chi connectivity index (χ1v) is 6.76. The van der Waals surface area contributed by atoms with Crippen molar-refractivity contribution in [3.05, 3.63) is 63.9 Å². The molecule has 96 valence electrons. The van der Waals surface area contributed by atoms with E-state index in [1.165, 1.54) is 5.56 Å². The number of fused-ring (bicyclic) bond motifs is 1. The van der Waals surface area contributed by atoms with E-state index in [2.05, 4.69) is 9.55 Å². The molecule has 0 spiro atoms. The van der Waals surface area contributed by atoms with Gasteiger partial charge in [0.2, 0.25) is 0 Å². The number of benzene rings is 2. The fourth-order valence-electron chi connectivity index (χ4n) is 2.19. The van der Waals surface area contributed by atoms with Crippen molar-refractivity contribution < 1.29 is 0 Å². The molecule has 3 rings (SSSR count). The summed E-state index contributed by atoms with van der Waals surface area (Å²) in [4.78, 5) is 4.55.